The maximum absolute atomic E-state index is 11.6. The van der Waals surface area contributed by atoms with Crippen molar-refractivity contribution in [3.63, 3.8) is 0 Å². The van der Waals surface area contributed by atoms with E-state index in [9.17, 15) is 9.59 Å². The summed E-state index contributed by atoms with van der Waals surface area (Å²) in [5, 5.41) is 3.31. The molecule has 0 radical (unpaired) electrons. The molecular weight excluding hydrogens is 216 g/mol. The van der Waals surface area contributed by atoms with E-state index in [1.54, 1.807) is 0 Å². The van der Waals surface area contributed by atoms with E-state index in [-0.39, 0.29) is 11.8 Å². The Hall–Kier alpha value is -1.84. The van der Waals surface area contributed by atoms with Crippen LogP contribution in [0, 0.1) is 0 Å². The number of imide groups is 1. The molecule has 88 valence electrons. The number of rotatable bonds is 1. The van der Waals surface area contributed by atoms with Crippen LogP contribution in [0.2, 0.25) is 0 Å². The molecule has 0 aliphatic carbocycles. The van der Waals surface area contributed by atoms with Gasteiger partial charge in [-0.25, -0.2) is 0 Å². The number of carbonyl (C=O) groups excluding carboxylic acids is 2. The Bertz CT molecular complexity index is 480. The highest BCUT2D eigenvalue weighted by molar-refractivity contribution is 6.20. The number of fused-ring (bicyclic) bond motifs is 1. The van der Waals surface area contributed by atoms with Gasteiger partial charge < -0.3 is 5.32 Å². The van der Waals surface area contributed by atoms with Crippen LogP contribution in [0.15, 0.2) is 18.2 Å². The lowest BCUT2D eigenvalue weighted by molar-refractivity contribution is -0.121. The van der Waals surface area contributed by atoms with Gasteiger partial charge in [0.25, 0.3) is 0 Å². The molecule has 2 heterocycles. The van der Waals surface area contributed by atoms with Crippen molar-refractivity contribution in [2.75, 3.05) is 16.8 Å². The average molecular weight is 230 g/mol. The van der Waals surface area contributed by atoms with Crippen molar-refractivity contribution in [1.29, 1.82) is 0 Å². The SMILES string of the molecule is O=C1CCC(=O)N1c1ccc2c(c1)NCCC2. The highest BCUT2D eigenvalue weighted by Crippen LogP contribution is 2.29. The molecule has 1 saturated heterocycles. The fourth-order valence-electron chi connectivity index (χ4n) is 2.45. The average Bonchev–Trinajstić information content (AvgIpc) is 2.68. The third-order valence-corrected chi connectivity index (χ3v) is 3.34. The molecule has 2 amide bonds. The van der Waals surface area contributed by atoms with E-state index in [1.165, 1.54) is 10.5 Å². The molecule has 3 rings (SSSR count). The second-order valence-electron chi connectivity index (χ2n) is 4.49. The second kappa shape index (κ2) is 3.87. The summed E-state index contributed by atoms with van der Waals surface area (Å²) in [6, 6.07) is 5.79. The van der Waals surface area contributed by atoms with Gasteiger partial charge in [0, 0.05) is 25.1 Å². The van der Waals surface area contributed by atoms with Crippen LogP contribution >= 0.6 is 0 Å². The molecular formula is C13H14N2O2. The van der Waals surface area contributed by atoms with Gasteiger partial charge in [0.1, 0.15) is 0 Å². The number of nitrogens with zero attached hydrogens (tertiary/aromatic N) is 1. The Kier molecular flexibility index (Phi) is 2.35. The molecule has 2 aliphatic heterocycles. The van der Waals surface area contributed by atoms with Crippen molar-refractivity contribution < 1.29 is 9.59 Å². The van der Waals surface area contributed by atoms with E-state index >= 15 is 0 Å². The van der Waals surface area contributed by atoms with Crippen molar-refractivity contribution in [2.45, 2.75) is 25.7 Å². The summed E-state index contributed by atoms with van der Waals surface area (Å²) in [4.78, 5) is 24.6. The number of anilines is 2. The van der Waals surface area contributed by atoms with Gasteiger partial charge in [0.05, 0.1) is 5.69 Å². The van der Waals surface area contributed by atoms with Crippen LogP contribution in [-0.4, -0.2) is 18.4 Å². The summed E-state index contributed by atoms with van der Waals surface area (Å²) in [5.41, 5.74) is 3.02. The molecule has 0 spiro atoms. The lowest BCUT2D eigenvalue weighted by Crippen LogP contribution is -2.28. The van der Waals surface area contributed by atoms with E-state index in [1.807, 2.05) is 18.2 Å². The minimum Gasteiger partial charge on any atom is -0.385 e. The predicted molar refractivity (Wildman–Crippen MR) is 65.0 cm³/mol. The first-order valence-electron chi connectivity index (χ1n) is 5.98. The van der Waals surface area contributed by atoms with Gasteiger partial charge in [-0.1, -0.05) is 6.07 Å². The molecule has 17 heavy (non-hydrogen) atoms. The van der Waals surface area contributed by atoms with Gasteiger partial charge >= 0.3 is 0 Å². The number of hydrogen-bond acceptors (Lipinski definition) is 3. The first-order chi connectivity index (χ1) is 8.25. The van der Waals surface area contributed by atoms with Gasteiger partial charge in [-0.3, -0.25) is 14.5 Å². The van der Waals surface area contributed by atoms with E-state index in [4.69, 9.17) is 0 Å². The van der Waals surface area contributed by atoms with Crippen LogP contribution < -0.4 is 10.2 Å². The molecule has 4 heteroatoms. The smallest absolute Gasteiger partial charge is 0.234 e. The molecule has 1 aromatic rings. The molecule has 4 nitrogen and oxygen atoms in total. The van der Waals surface area contributed by atoms with E-state index < -0.39 is 0 Å². The minimum absolute atomic E-state index is 0.0919. The molecule has 1 fully saturated rings. The topological polar surface area (TPSA) is 49.4 Å². The van der Waals surface area contributed by atoms with E-state index in [2.05, 4.69) is 5.32 Å². The number of hydrogen-bond donors (Lipinski definition) is 1. The summed E-state index contributed by atoms with van der Waals surface area (Å²) in [6.45, 7) is 0.957. The summed E-state index contributed by atoms with van der Waals surface area (Å²) >= 11 is 0. The zero-order valence-corrected chi connectivity index (χ0v) is 9.53. The Balaban J connectivity index is 1.98. The van der Waals surface area contributed by atoms with Crippen molar-refractivity contribution in [3.8, 4) is 0 Å². The fourth-order valence-corrected chi connectivity index (χ4v) is 2.45. The van der Waals surface area contributed by atoms with Crippen molar-refractivity contribution in [1.82, 2.24) is 0 Å². The Labute approximate surface area is 99.6 Å². The van der Waals surface area contributed by atoms with Crippen LogP contribution in [0.4, 0.5) is 11.4 Å². The third-order valence-electron chi connectivity index (χ3n) is 3.34. The van der Waals surface area contributed by atoms with Crippen LogP contribution in [0.3, 0.4) is 0 Å². The molecule has 0 aromatic heterocycles. The molecule has 0 saturated carbocycles. The van der Waals surface area contributed by atoms with E-state index in [0.29, 0.717) is 18.5 Å². The first kappa shape index (κ1) is 10.3. The standard InChI is InChI=1S/C13H14N2O2/c16-12-5-6-13(17)15(12)10-4-3-9-2-1-7-14-11(9)8-10/h3-4,8,14H,1-2,5-7H2. The molecule has 0 unspecified atom stereocenters. The number of aryl methyl sites for hydroxylation is 1. The quantitative estimate of drug-likeness (QED) is 0.747. The number of nitrogens with one attached hydrogen (secondary N) is 1. The second-order valence-corrected chi connectivity index (χ2v) is 4.49. The van der Waals surface area contributed by atoms with Crippen molar-refractivity contribution >= 4 is 23.2 Å². The van der Waals surface area contributed by atoms with Crippen molar-refractivity contribution in [3.05, 3.63) is 23.8 Å². The Morgan fingerprint density at radius 3 is 2.59 bits per heavy atom. The van der Waals surface area contributed by atoms with Crippen LogP contribution in [-0.2, 0) is 16.0 Å². The number of carbonyl (C=O) groups is 2. The number of amides is 2. The molecule has 0 atom stereocenters. The zero-order valence-electron chi connectivity index (χ0n) is 9.53. The summed E-state index contributed by atoms with van der Waals surface area (Å²) in [5.74, 6) is -0.184. The summed E-state index contributed by atoms with van der Waals surface area (Å²) in [7, 11) is 0. The van der Waals surface area contributed by atoms with E-state index in [0.717, 1.165) is 25.1 Å². The predicted octanol–water partition coefficient (Wildman–Crippen LogP) is 1.70. The fraction of sp³-hybridized carbons (Fsp3) is 0.385. The monoisotopic (exact) mass is 230 g/mol. The normalized spacial score (nSPS) is 19.2. The summed E-state index contributed by atoms with van der Waals surface area (Å²) in [6.07, 6.45) is 2.87. The van der Waals surface area contributed by atoms with Gasteiger partial charge in [-0.05, 0) is 30.5 Å². The highest BCUT2D eigenvalue weighted by Gasteiger charge is 2.30. The lowest BCUT2D eigenvalue weighted by Gasteiger charge is -2.21. The Morgan fingerprint density at radius 2 is 1.82 bits per heavy atom. The lowest BCUT2D eigenvalue weighted by atomic mass is 10.0. The molecule has 1 aromatic carbocycles. The molecule has 2 aliphatic rings. The zero-order chi connectivity index (χ0) is 11.8. The largest absolute Gasteiger partial charge is 0.385 e. The van der Waals surface area contributed by atoms with Crippen LogP contribution in [0.5, 0.6) is 0 Å². The van der Waals surface area contributed by atoms with Gasteiger partial charge in [0.15, 0.2) is 0 Å². The van der Waals surface area contributed by atoms with Crippen LogP contribution in [0.1, 0.15) is 24.8 Å². The maximum atomic E-state index is 11.6. The number of benzene rings is 1. The molecule has 1 N–H and O–H groups in total. The van der Waals surface area contributed by atoms with Gasteiger partial charge in [0.2, 0.25) is 11.8 Å². The Morgan fingerprint density at radius 1 is 1.06 bits per heavy atom. The molecule has 0 bridgehead atoms. The van der Waals surface area contributed by atoms with Gasteiger partial charge in [-0.2, -0.15) is 0 Å². The minimum atomic E-state index is -0.0919. The maximum Gasteiger partial charge on any atom is 0.234 e. The highest BCUT2D eigenvalue weighted by atomic mass is 16.2. The third kappa shape index (κ3) is 1.69. The first-order valence-corrected chi connectivity index (χ1v) is 5.98. The van der Waals surface area contributed by atoms with Crippen LogP contribution in [0.25, 0.3) is 0 Å². The summed E-state index contributed by atoms with van der Waals surface area (Å²) < 4.78 is 0. The van der Waals surface area contributed by atoms with Gasteiger partial charge in [-0.15, -0.1) is 0 Å². The van der Waals surface area contributed by atoms with Crippen molar-refractivity contribution in [2.24, 2.45) is 0 Å².